The van der Waals surface area contributed by atoms with Gasteiger partial charge < -0.3 is 5.32 Å². The number of rotatable bonds is 6. The van der Waals surface area contributed by atoms with Crippen LogP contribution < -0.4 is 5.32 Å². The number of carbonyl (C=O) groups is 1. The van der Waals surface area contributed by atoms with Crippen molar-refractivity contribution in [3.63, 3.8) is 0 Å². The molecule has 0 aliphatic rings. The van der Waals surface area contributed by atoms with Gasteiger partial charge in [0.1, 0.15) is 5.82 Å². The molecule has 0 aliphatic heterocycles. The van der Waals surface area contributed by atoms with E-state index in [1.54, 1.807) is 12.1 Å². The summed E-state index contributed by atoms with van der Waals surface area (Å²) in [6.45, 7) is 6.00. The Bertz CT molecular complexity index is 1030. The number of hydrogen-bond acceptors (Lipinski definition) is 5. The van der Waals surface area contributed by atoms with Gasteiger partial charge in [0.15, 0.2) is 5.16 Å². The standard InChI is InChI=1S/C21H21N5OS/c1-14-4-5-15(2)19(12-14)26-16(3)24-25-21(26)28-13-20(27)23-18-8-6-17(7-9-18)10-11-22/h4-9,12H,10,13H2,1-3H3,(H,23,27). The summed E-state index contributed by atoms with van der Waals surface area (Å²) in [4.78, 5) is 12.3. The third kappa shape index (κ3) is 4.59. The Morgan fingerprint density at radius 2 is 1.89 bits per heavy atom. The number of aromatic nitrogens is 3. The fourth-order valence-corrected chi connectivity index (χ4v) is 3.59. The normalized spacial score (nSPS) is 10.5. The van der Waals surface area contributed by atoms with E-state index < -0.39 is 0 Å². The number of nitrogens with zero attached hydrogens (tertiary/aromatic N) is 4. The van der Waals surface area contributed by atoms with E-state index >= 15 is 0 Å². The van der Waals surface area contributed by atoms with Crippen molar-refractivity contribution in [3.05, 3.63) is 65.0 Å². The molecule has 1 aromatic heterocycles. The zero-order valence-corrected chi connectivity index (χ0v) is 16.9. The Balaban J connectivity index is 1.69. The molecule has 0 saturated heterocycles. The van der Waals surface area contributed by atoms with Gasteiger partial charge in [-0.1, -0.05) is 36.0 Å². The van der Waals surface area contributed by atoms with Crippen LogP contribution in [0.2, 0.25) is 0 Å². The van der Waals surface area contributed by atoms with Crippen LogP contribution >= 0.6 is 11.8 Å². The summed E-state index contributed by atoms with van der Waals surface area (Å²) in [5.41, 5.74) is 4.93. The summed E-state index contributed by atoms with van der Waals surface area (Å²) in [5.74, 6) is 0.888. The summed E-state index contributed by atoms with van der Waals surface area (Å²) in [6.07, 6.45) is 0.359. The minimum atomic E-state index is -0.119. The second kappa shape index (κ2) is 8.72. The number of anilines is 1. The highest BCUT2D eigenvalue weighted by atomic mass is 32.2. The molecule has 0 atom stereocenters. The van der Waals surface area contributed by atoms with Crippen molar-refractivity contribution >= 4 is 23.4 Å². The lowest BCUT2D eigenvalue weighted by molar-refractivity contribution is -0.113. The predicted octanol–water partition coefficient (Wildman–Crippen LogP) is 3.99. The van der Waals surface area contributed by atoms with Crippen LogP contribution in [0.15, 0.2) is 47.6 Å². The number of aryl methyl sites for hydroxylation is 3. The van der Waals surface area contributed by atoms with Gasteiger partial charge in [0.05, 0.1) is 23.9 Å². The average molecular weight is 392 g/mol. The van der Waals surface area contributed by atoms with Crippen molar-refractivity contribution < 1.29 is 4.79 Å². The van der Waals surface area contributed by atoms with Crippen LogP contribution in [-0.4, -0.2) is 26.4 Å². The third-order valence-corrected chi connectivity index (χ3v) is 5.18. The van der Waals surface area contributed by atoms with E-state index in [1.807, 2.05) is 37.5 Å². The zero-order valence-electron chi connectivity index (χ0n) is 16.1. The third-order valence-electron chi connectivity index (χ3n) is 4.25. The Morgan fingerprint density at radius 1 is 1.14 bits per heavy atom. The lowest BCUT2D eigenvalue weighted by Gasteiger charge is -2.12. The van der Waals surface area contributed by atoms with E-state index in [4.69, 9.17) is 5.26 Å². The lowest BCUT2D eigenvalue weighted by Crippen LogP contribution is -2.14. The summed E-state index contributed by atoms with van der Waals surface area (Å²) in [7, 11) is 0. The van der Waals surface area contributed by atoms with Gasteiger partial charge in [-0.2, -0.15) is 5.26 Å². The molecule has 1 heterocycles. The maximum Gasteiger partial charge on any atom is 0.234 e. The first-order valence-corrected chi connectivity index (χ1v) is 9.84. The number of carbonyl (C=O) groups excluding carboxylic acids is 1. The number of thioether (sulfide) groups is 1. The van der Waals surface area contributed by atoms with Crippen molar-refractivity contribution in [2.45, 2.75) is 32.3 Å². The molecule has 7 heteroatoms. The molecule has 0 unspecified atom stereocenters. The van der Waals surface area contributed by atoms with E-state index in [-0.39, 0.29) is 11.7 Å². The monoisotopic (exact) mass is 391 g/mol. The summed E-state index contributed by atoms with van der Waals surface area (Å²) < 4.78 is 1.98. The van der Waals surface area contributed by atoms with Crippen molar-refractivity contribution in [1.82, 2.24) is 14.8 Å². The molecule has 3 aromatic rings. The summed E-state index contributed by atoms with van der Waals surface area (Å²) in [6, 6.07) is 15.6. The van der Waals surface area contributed by atoms with Gasteiger partial charge in [-0.25, -0.2) is 0 Å². The summed E-state index contributed by atoms with van der Waals surface area (Å²) >= 11 is 1.35. The minimum Gasteiger partial charge on any atom is -0.325 e. The van der Waals surface area contributed by atoms with Crippen molar-refractivity contribution in [2.24, 2.45) is 0 Å². The molecule has 1 amide bonds. The summed E-state index contributed by atoms with van der Waals surface area (Å²) in [5, 5.41) is 20.7. The van der Waals surface area contributed by atoms with Crippen LogP contribution in [0.25, 0.3) is 5.69 Å². The molecule has 28 heavy (non-hydrogen) atoms. The number of nitrogens with one attached hydrogen (secondary N) is 1. The van der Waals surface area contributed by atoms with E-state index in [2.05, 4.69) is 39.8 Å². The topological polar surface area (TPSA) is 83.6 Å². The molecule has 1 N–H and O–H groups in total. The molecule has 0 aliphatic carbocycles. The molecular formula is C21H21N5OS. The SMILES string of the molecule is Cc1ccc(C)c(-n2c(C)nnc2SCC(=O)Nc2ccc(CC#N)cc2)c1. The maximum atomic E-state index is 12.3. The quantitative estimate of drug-likeness (QED) is 0.642. The maximum absolute atomic E-state index is 12.3. The fraction of sp³-hybridized carbons (Fsp3) is 0.238. The predicted molar refractivity (Wildman–Crippen MR) is 111 cm³/mol. The smallest absolute Gasteiger partial charge is 0.234 e. The highest BCUT2D eigenvalue weighted by Gasteiger charge is 2.15. The van der Waals surface area contributed by atoms with Gasteiger partial charge in [0, 0.05) is 5.69 Å². The van der Waals surface area contributed by atoms with Gasteiger partial charge in [0.2, 0.25) is 5.91 Å². The zero-order chi connectivity index (χ0) is 20.1. The molecule has 0 fully saturated rings. The van der Waals surface area contributed by atoms with Crippen LogP contribution in [-0.2, 0) is 11.2 Å². The average Bonchev–Trinajstić information content (AvgIpc) is 3.04. The van der Waals surface area contributed by atoms with Crippen molar-refractivity contribution in [1.29, 1.82) is 5.26 Å². The molecule has 0 spiro atoms. The Hall–Kier alpha value is -3.11. The van der Waals surface area contributed by atoms with Gasteiger partial charge in [0.25, 0.3) is 0 Å². The first-order valence-electron chi connectivity index (χ1n) is 8.86. The van der Waals surface area contributed by atoms with Crippen LogP contribution in [0, 0.1) is 32.1 Å². The largest absolute Gasteiger partial charge is 0.325 e. The number of nitriles is 1. The van der Waals surface area contributed by atoms with Crippen molar-refractivity contribution in [3.8, 4) is 11.8 Å². The number of hydrogen-bond donors (Lipinski definition) is 1. The number of amides is 1. The first-order chi connectivity index (χ1) is 13.5. The van der Waals surface area contributed by atoms with Crippen LogP contribution in [0.1, 0.15) is 22.5 Å². The molecule has 6 nitrogen and oxygen atoms in total. The Kier molecular flexibility index (Phi) is 6.12. The molecule has 3 rings (SSSR count). The molecule has 0 radical (unpaired) electrons. The van der Waals surface area contributed by atoms with Gasteiger partial charge in [-0.15, -0.1) is 10.2 Å². The van der Waals surface area contributed by atoms with Crippen LogP contribution in [0.3, 0.4) is 0 Å². The number of benzene rings is 2. The van der Waals surface area contributed by atoms with Gasteiger partial charge >= 0.3 is 0 Å². The molecule has 142 valence electrons. The molecule has 2 aromatic carbocycles. The molecular weight excluding hydrogens is 370 g/mol. The van der Waals surface area contributed by atoms with E-state index in [1.165, 1.54) is 11.8 Å². The van der Waals surface area contributed by atoms with E-state index in [0.29, 0.717) is 17.3 Å². The second-order valence-corrected chi connectivity index (χ2v) is 7.47. The highest BCUT2D eigenvalue weighted by Crippen LogP contribution is 2.25. The van der Waals surface area contributed by atoms with Crippen LogP contribution in [0.4, 0.5) is 5.69 Å². The van der Waals surface area contributed by atoms with E-state index in [9.17, 15) is 4.79 Å². The van der Waals surface area contributed by atoms with Gasteiger partial charge in [-0.05, 0) is 55.7 Å². The fourth-order valence-electron chi connectivity index (χ4n) is 2.80. The van der Waals surface area contributed by atoms with Crippen molar-refractivity contribution in [2.75, 3.05) is 11.1 Å². The Morgan fingerprint density at radius 3 is 2.61 bits per heavy atom. The molecule has 0 saturated carbocycles. The lowest BCUT2D eigenvalue weighted by atomic mass is 10.1. The van der Waals surface area contributed by atoms with E-state index in [0.717, 1.165) is 28.2 Å². The first kappa shape index (κ1) is 19.6. The van der Waals surface area contributed by atoms with Crippen LogP contribution in [0.5, 0.6) is 0 Å². The Labute approximate surface area is 168 Å². The minimum absolute atomic E-state index is 0.119. The van der Waals surface area contributed by atoms with Gasteiger partial charge in [-0.3, -0.25) is 9.36 Å². The highest BCUT2D eigenvalue weighted by molar-refractivity contribution is 7.99. The second-order valence-electron chi connectivity index (χ2n) is 6.52. The molecule has 0 bridgehead atoms.